The molecule has 0 aromatic heterocycles. The van der Waals surface area contributed by atoms with E-state index in [2.05, 4.69) is 0 Å². The van der Waals surface area contributed by atoms with Gasteiger partial charge in [-0.1, -0.05) is 0 Å². The van der Waals surface area contributed by atoms with Crippen LogP contribution in [0.15, 0.2) is 18.2 Å². The molecule has 1 aliphatic heterocycles. The van der Waals surface area contributed by atoms with E-state index >= 15 is 0 Å². The number of carboxylic acids is 1. The molecule has 1 aliphatic rings. The maximum Gasteiger partial charge on any atom is 0.305 e. The predicted octanol–water partition coefficient (Wildman–Crippen LogP) is 1.15. The van der Waals surface area contributed by atoms with E-state index in [1.54, 1.807) is 0 Å². The van der Waals surface area contributed by atoms with Gasteiger partial charge in [0, 0.05) is 12.1 Å². The number of halogens is 1. The highest BCUT2D eigenvalue weighted by molar-refractivity contribution is 5.95. The monoisotopic (exact) mass is 297 g/mol. The molecule has 1 saturated heterocycles. The molecule has 1 amide bonds. The third-order valence-corrected chi connectivity index (χ3v) is 3.30. The van der Waals surface area contributed by atoms with Crippen molar-refractivity contribution >= 4 is 11.9 Å². The second-order valence-electron chi connectivity index (χ2n) is 4.67. The summed E-state index contributed by atoms with van der Waals surface area (Å²) in [5, 5.41) is 8.89. The molecule has 1 aromatic carbocycles. The van der Waals surface area contributed by atoms with Crippen molar-refractivity contribution in [1.29, 1.82) is 0 Å². The molecule has 6 nitrogen and oxygen atoms in total. The minimum atomic E-state index is -1.00. The quantitative estimate of drug-likeness (QED) is 0.902. The number of nitrogens with zero attached hydrogens (tertiary/aromatic N) is 1. The largest absolute Gasteiger partial charge is 0.494 e. The van der Waals surface area contributed by atoms with Crippen LogP contribution in [-0.2, 0) is 9.53 Å². The molecule has 1 atom stereocenters. The third-order valence-electron chi connectivity index (χ3n) is 3.30. The molecule has 1 heterocycles. The Morgan fingerprint density at radius 3 is 2.95 bits per heavy atom. The van der Waals surface area contributed by atoms with Crippen LogP contribution in [0, 0.1) is 5.82 Å². The molecular weight excluding hydrogens is 281 g/mol. The molecule has 1 N–H and O–H groups in total. The number of aliphatic carboxylic acids is 1. The average molecular weight is 297 g/mol. The van der Waals surface area contributed by atoms with Gasteiger partial charge in [0.05, 0.1) is 32.8 Å². The van der Waals surface area contributed by atoms with Gasteiger partial charge >= 0.3 is 5.97 Å². The highest BCUT2D eigenvalue weighted by atomic mass is 19.1. The van der Waals surface area contributed by atoms with E-state index in [1.165, 1.54) is 24.1 Å². The Hall–Kier alpha value is -2.15. The van der Waals surface area contributed by atoms with E-state index in [0.717, 1.165) is 6.07 Å². The molecule has 0 radical (unpaired) electrons. The summed E-state index contributed by atoms with van der Waals surface area (Å²) in [6.45, 7) is 0.826. The van der Waals surface area contributed by atoms with Gasteiger partial charge in [-0.3, -0.25) is 9.59 Å². The summed E-state index contributed by atoms with van der Waals surface area (Å²) in [5.41, 5.74) is 0.255. The van der Waals surface area contributed by atoms with E-state index in [9.17, 15) is 14.0 Å². The van der Waals surface area contributed by atoms with Gasteiger partial charge in [0.25, 0.3) is 5.91 Å². The zero-order valence-corrected chi connectivity index (χ0v) is 11.5. The van der Waals surface area contributed by atoms with Gasteiger partial charge < -0.3 is 19.5 Å². The first kappa shape index (κ1) is 15.2. The van der Waals surface area contributed by atoms with Gasteiger partial charge in [-0.2, -0.15) is 0 Å². The van der Waals surface area contributed by atoms with Crippen LogP contribution in [0.2, 0.25) is 0 Å². The fraction of sp³-hybridized carbons (Fsp3) is 0.429. The van der Waals surface area contributed by atoms with Crippen molar-refractivity contribution in [3.63, 3.8) is 0 Å². The first-order valence-electron chi connectivity index (χ1n) is 6.47. The van der Waals surface area contributed by atoms with Gasteiger partial charge in [-0.05, 0) is 18.2 Å². The van der Waals surface area contributed by atoms with Crippen molar-refractivity contribution < 1.29 is 28.6 Å². The predicted molar refractivity (Wildman–Crippen MR) is 70.8 cm³/mol. The smallest absolute Gasteiger partial charge is 0.305 e. The summed E-state index contributed by atoms with van der Waals surface area (Å²) < 4.78 is 23.4. The topological polar surface area (TPSA) is 76.1 Å². The molecule has 114 valence electrons. The maximum atomic E-state index is 13.4. The van der Waals surface area contributed by atoms with Gasteiger partial charge in [-0.15, -0.1) is 0 Å². The summed E-state index contributed by atoms with van der Waals surface area (Å²) >= 11 is 0. The Kier molecular flexibility index (Phi) is 4.74. The summed E-state index contributed by atoms with van der Waals surface area (Å²) in [6, 6.07) is 3.29. The van der Waals surface area contributed by atoms with Gasteiger partial charge in [0.2, 0.25) is 0 Å². The lowest BCUT2D eigenvalue weighted by molar-refractivity contribution is -0.139. The summed E-state index contributed by atoms with van der Waals surface area (Å²) in [6.07, 6.45) is -0.190. The molecule has 1 aromatic rings. The van der Waals surface area contributed by atoms with Crippen LogP contribution in [0.5, 0.6) is 5.75 Å². The first-order chi connectivity index (χ1) is 10.0. The molecule has 1 fully saturated rings. The number of hydrogen-bond donors (Lipinski definition) is 1. The Bertz CT molecular complexity index is 548. The fourth-order valence-corrected chi connectivity index (χ4v) is 2.25. The third kappa shape index (κ3) is 3.49. The van der Waals surface area contributed by atoms with Crippen molar-refractivity contribution in [3.05, 3.63) is 29.6 Å². The van der Waals surface area contributed by atoms with Crippen LogP contribution in [0.25, 0.3) is 0 Å². The standard InChI is InChI=1S/C14H16FNO5/c1-20-12-6-9(2-3-11(12)15)14(19)16-4-5-21-8-10(16)7-13(17)18/h2-3,6,10H,4-5,7-8H2,1H3,(H,17,18)/t10-/m1/s1. The minimum absolute atomic E-state index is 0.0242. The van der Waals surface area contributed by atoms with Gasteiger partial charge in [0.1, 0.15) is 0 Å². The molecule has 0 spiro atoms. The van der Waals surface area contributed by atoms with Crippen LogP contribution in [0.4, 0.5) is 4.39 Å². The average Bonchev–Trinajstić information content (AvgIpc) is 2.47. The van der Waals surface area contributed by atoms with Crippen molar-refractivity contribution in [2.45, 2.75) is 12.5 Å². The number of carbonyl (C=O) groups excluding carboxylic acids is 1. The van der Waals surface area contributed by atoms with Crippen LogP contribution in [0.1, 0.15) is 16.8 Å². The van der Waals surface area contributed by atoms with Crippen LogP contribution < -0.4 is 4.74 Å². The Balaban J connectivity index is 2.22. The Morgan fingerprint density at radius 1 is 1.52 bits per heavy atom. The van der Waals surface area contributed by atoms with Crippen molar-refractivity contribution in [2.75, 3.05) is 26.9 Å². The van der Waals surface area contributed by atoms with E-state index in [1.807, 2.05) is 0 Å². The van der Waals surface area contributed by atoms with Crippen molar-refractivity contribution in [2.24, 2.45) is 0 Å². The highest BCUT2D eigenvalue weighted by Crippen LogP contribution is 2.21. The van der Waals surface area contributed by atoms with E-state index in [-0.39, 0.29) is 30.2 Å². The zero-order chi connectivity index (χ0) is 15.4. The minimum Gasteiger partial charge on any atom is -0.494 e. The SMILES string of the molecule is COc1cc(C(=O)N2CCOC[C@H]2CC(=O)O)ccc1F. The molecule has 2 rings (SSSR count). The number of methoxy groups -OCH3 is 1. The maximum absolute atomic E-state index is 13.4. The number of hydrogen-bond acceptors (Lipinski definition) is 4. The molecule has 0 unspecified atom stereocenters. The number of benzene rings is 1. The first-order valence-corrected chi connectivity index (χ1v) is 6.47. The number of carboxylic acid groups (broad SMARTS) is 1. The number of amides is 1. The Labute approximate surface area is 121 Å². The van der Waals surface area contributed by atoms with Gasteiger partial charge in [-0.25, -0.2) is 4.39 Å². The molecule has 0 bridgehead atoms. The second kappa shape index (κ2) is 6.53. The number of morpholine rings is 1. The van der Waals surface area contributed by atoms with E-state index < -0.39 is 17.8 Å². The number of carbonyl (C=O) groups is 2. The molecule has 0 saturated carbocycles. The fourth-order valence-electron chi connectivity index (χ4n) is 2.25. The lowest BCUT2D eigenvalue weighted by Gasteiger charge is -2.34. The van der Waals surface area contributed by atoms with Crippen LogP contribution >= 0.6 is 0 Å². The molecule has 21 heavy (non-hydrogen) atoms. The van der Waals surface area contributed by atoms with Crippen LogP contribution in [0.3, 0.4) is 0 Å². The Morgan fingerprint density at radius 2 is 2.29 bits per heavy atom. The van der Waals surface area contributed by atoms with Crippen molar-refractivity contribution in [1.82, 2.24) is 4.90 Å². The molecule has 7 heteroatoms. The molecular formula is C14H16FNO5. The number of ether oxygens (including phenoxy) is 2. The summed E-state index contributed by atoms with van der Waals surface area (Å²) in [7, 11) is 1.31. The second-order valence-corrected chi connectivity index (χ2v) is 4.67. The van der Waals surface area contributed by atoms with Crippen LogP contribution in [-0.4, -0.2) is 54.8 Å². The lowest BCUT2D eigenvalue weighted by Crippen LogP contribution is -2.49. The highest BCUT2D eigenvalue weighted by Gasteiger charge is 2.30. The summed E-state index contributed by atoms with van der Waals surface area (Å²) in [4.78, 5) is 24.8. The molecule has 0 aliphatic carbocycles. The lowest BCUT2D eigenvalue weighted by atomic mass is 10.1. The van der Waals surface area contributed by atoms with Gasteiger partial charge in [0.15, 0.2) is 11.6 Å². The normalized spacial score (nSPS) is 18.4. The van der Waals surface area contributed by atoms with E-state index in [0.29, 0.717) is 13.2 Å². The zero-order valence-electron chi connectivity index (χ0n) is 11.5. The number of rotatable bonds is 4. The van der Waals surface area contributed by atoms with E-state index in [4.69, 9.17) is 14.6 Å². The van der Waals surface area contributed by atoms with Crippen molar-refractivity contribution in [3.8, 4) is 5.75 Å². The summed E-state index contributed by atoms with van der Waals surface area (Å²) in [5.74, 6) is -1.94.